The summed E-state index contributed by atoms with van der Waals surface area (Å²) < 4.78 is 22.0. The fraction of sp³-hybridized carbons (Fsp3) is 0.250. The van der Waals surface area contributed by atoms with Crippen molar-refractivity contribution in [3.63, 3.8) is 0 Å². The lowest BCUT2D eigenvalue weighted by Crippen LogP contribution is -2.36. The monoisotopic (exact) mass is 515 g/mol. The third-order valence-corrected chi connectivity index (χ3v) is 6.21. The van der Waals surface area contributed by atoms with Gasteiger partial charge >= 0.3 is 0 Å². The Balaban J connectivity index is 1.41. The lowest BCUT2D eigenvalue weighted by atomic mass is 10.1. The molecule has 4 aromatic rings. The summed E-state index contributed by atoms with van der Waals surface area (Å²) in [5.41, 5.74) is 2.75. The Morgan fingerprint density at radius 1 is 1.05 bits per heavy atom. The Hall–Kier alpha value is -4.41. The number of furan rings is 1. The van der Waals surface area contributed by atoms with Crippen molar-refractivity contribution in [2.45, 2.75) is 0 Å². The van der Waals surface area contributed by atoms with Crippen molar-refractivity contribution in [3.05, 3.63) is 67.2 Å². The molecular weight excluding hydrogens is 486 g/mol. The highest BCUT2D eigenvalue weighted by atomic mass is 16.5. The standard InChI is InChI=1S/C28H29N5O5/c1-35-25-8-7-19(24-5-4-12-38-24)15-22(25)32-28-20-16-23(26(36-2)17-21(20)29-18-30-28)31-27(34)6-3-9-33-10-13-37-14-11-33/h3-8,12,15-18H,9-11,13-14H2,1-2H3,(H,31,34)(H,29,30,32)/b6-3+. The van der Waals surface area contributed by atoms with E-state index in [1.165, 1.54) is 12.4 Å². The van der Waals surface area contributed by atoms with E-state index in [2.05, 4.69) is 25.5 Å². The van der Waals surface area contributed by atoms with E-state index >= 15 is 0 Å². The molecule has 38 heavy (non-hydrogen) atoms. The van der Waals surface area contributed by atoms with E-state index in [4.69, 9.17) is 18.6 Å². The van der Waals surface area contributed by atoms with Crippen LogP contribution >= 0.6 is 0 Å². The van der Waals surface area contributed by atoms with Crippen molar-refractivity contribution >= 4 is 34.0 Å². The first kappa shape index (κ1) is 25.2. The number of anilines is 3. The van der Waals surface area contributed by atoms with Crippen LogP contribution in [0.3, 0.4) is 0 Å². The largest absolute Gasteiger partial charge is 0.495 e. The fourth-order valence-electron chi connectivity index (χ4n) is 4.25. The molecule has 0 aliphatic carbocycles. The van der Waals surface area contributed by atoms with Crippen LogP contribution in [-0.4, -0.2) is 67.8 Å². The maximum Gasteiger partial charge on any atom is 0.248 e. The molecule has 10 heteroatoms. The number of morpholine rings is 1. The van der Waals surface area contributed by atoms with Crippen LogP contribution in [0.5, 0.6) is 11.5 Å². The summed E-state index contributed by atoms with van der Waals surface area (Å²) in [6.07, 6.45) is 6.48. The number of benzene rings is 2. The quantitative estimate of drug-likeness (QED) is 0.312. The Kier molecular flexibility index (Phi) is 7.81. The van der Waals surface area contributed by atoms with Gasteiger partial charge in [-0.15, -0.1) is 0 Å². The van der Waals surface area contributed by atoms with Crippen LogP contribution < -0.4 is 20.1 Å². The third-order valence-electron chi connectivity index (χ3n) is 6.21. The van der Waals surface area contributed by atoms with Gasteiger partial charge in [-0.25, -0.2) is 9.97 Å². The Bertz CT molecular complexity index is 1430. The van der Waals surface area contributed by atoms with Gasteiger partial charge in [0.15, 0.2) is 0 Å². The molecule has 0 saturated carbocycles. The van der Waals surface area contributed by atoms with Gasteiger partial charge in [0.2, 0.25) is 5.91 Å². The van der Waals surface area contributed by atoms with Crippen LogP contribution in [0, 0.1) is 0 Å². The number of carbonyl (C=O) groups excluding carboxylic acids is 1. The summed E-state index contributed by atoms with van der Waals surface area (Å²) in [4.78, 5) is 23.8. The molecule has 5 rings (SSSR count). The van der Waals surface area contributed by atoms with E-state index in [1.807, 2.05) is 36.4 Å². The number of nitrogens with one attached hydrogen (secondary N) is 2. The van der Waals surface area contributed by atoms with Crippen molar-refractivity contribution in [2.24, 2.45) is 0 Å². The molecule has 1 amide bonds. The smallest absolute Gasteiger partial charge is 0.248 e. The molecule has 196 valence electrons. The van der Waals surface area contributed by atoms with E-state index < -0.39 is 0 Å². The summed E-state index contributed by atoms with van der Waals surface area (Å²) in [5, 5.41) is 6.98. The number of methoxy groups -OCH3 is 2. The fourth-order valence-corrected chi connectivity index (χ4v) is 4.25. The van der Waals surface area contributed by atoms with Gasteiger partial charge in [-0.2, -0.15) is 0 Å². The first-order chi connectivity index (χ1) is 18.6. The number of hydrogen-bond acceptors (Lipinski definition) is 9. The average molecular weight is 516 g/mol. The zero-order valence-corrected chi connectivity index (χ0v) is 21.3. The van der Waals surface area contributed by atoms with Gasteiger partial charge in [-0.3, -0.25) is 9.69 Å². The van der Waals surface area contributed by atoms with Gasteiger partial charge in [0.25, 0.3) is 0 Å². The number of nitrogens with zero attached hydrogens (tertiary/aromatic N) is 3. The average Bonchev–Trinajstić information content (AvgIpc) is 3.49. The van der Waals surface area contributed by atoms with Gasteiger partial charge < -0.3 is 29.3 Å². The van der Waals surface area contributed by atoms with Gasteiger partial charge in [0, 0.05) is 42.7 Å². The molecule has 1 fully saturated rings. The van der Waals surface area contributed by atoms with Crippen molar-refractivity contribution in [2.75, 3.05) is 57.7 Å². The van der Waals surface area contributed by atoms with Crippen LogP contribution in [0.15, 0.2) is 71.6 Å². The number of ether oxygens (including phenoxy) is 3. The SMILES string of the molecule is COc1cc2ncnc(Nc3cc(-c4ccco4)ccc3OC)c2cc1NC(=O)/C=C/CN1CCOCC1. The molecule has 0 bridgehead atoms. The minimum Gasteiger partial charge on any atom is -0.495 e. The molecule has 0 unspecified atom stereocenters. The zero-order valence-electron chi connectivity index (χ0n) is 21.3. The molecule has 1 aliphatic heterocycles. The Morgan fingerprint density at radius 2 is 1.89 bits per heavy atom. The summed E-state index contributed by atoms with van der Waals surface area (Å²) in [6, 6.07) is 13.0. The molecule has 3 heterocycles. The lowest BCUT2D eigenvalue weighted by Gasteiger charge is -2.25. The third kappa shape index (κ3) is 5.77. The van der Waals surface area contributed by atoms with Gasteiger partial charge in [0.05, 0.1) is 50.6 Å². The summed E-state index contributed by atoms with van der Waals surface area (Å²) in [5.74, 6) is 2.16. The molecule has 2 N–H and O–H groups in total. The van der Waals surface area contributed by atoms with Crippen LogP contribution in [-0.2, 0) is 9.53 Å². The van der Waals surface area contributed by atoms with Gasteiger partial charge in [-0.1, -0.05) is 6.08 Å². The Labute approximate surface area is 220 Å². The van der Waals surface area contributed by atoms with Crippen LogP contribution in [0.2, 0.25) is 0 Å². The van der Waals surface area contributed by atoms with E-state index in [9.17, 15) is 4.79 Å². The molecule has 0 spiro atoms. The number of amides is 1. The number of carbonyl (C=O) groups is 1. The molecule has 10 nitrogen and oxygen atoms in total. The number of rotatable bonds is 9. The zero-order chi connectivity index (χ0) is 26.3. The highest BCUT2D eigenvalue weighted by molar-refractivity contribution is 6.03. The maximum absolute atomic E-state index is 12.7. The number of aromatic nitrogens is 2. The highest BCUT2D eigenvalue weighted by Crippen LogP contribution is 2.36. The highest BCUT2D eigenvalue weighted by Gasteiger charge is 2.15. The van der Waals surface area contributed by atoms with Crippen LogP contribution in [0.4, 0.5) is 17.2 Å². The summed E-state index contributed by atoms with van der Waals surface area (Å²) in [7, 11) is 3.16. The second-order valence-corrected chi connectivity index (χ2v) is 8.61. The maximum atomic E-state index is 12.7. The normalized spacial score (nSPS) is 14.1. The predicted molar refractivity (Wildman–Crippen MR) is 145 cm³/mol. The second kappa shape index (κ2) is 11.8. The van der Waals surface area contributed by atoms with Gasteiger partial charge in [0.1, 0.15) is 29.4 Å². The predicted octanol–water partition coefficient (Wildman–Crippen LogP) is 4.48. The first-order valence-electron chi connectivity index (χ1n) is 12.2. The molecule has 1 saturated heterocycles. The van der Waals surface area contributed by atoms with Crippen LogP contribution in [0.25, 0.3) is 22.2 Å². The topological polar surface area (TPSA) is 111 Å². The summed E-state index contributed by atoms with van der Waals surface area (Å²) >= 11 is 0. The minimum absolute atomic E-state index is 0.255. The van der Waals surface area contributed by atoms with E-state index in [0.29, 0.717) is 59.4 Å². The van der Waals surface area contributed by atoms with Crippen LogP contribution in [0.1, 0.15) is 0 Å². The molecule has 2 aromatic heterocycles. The molecular formula is C28H29N5O5. The molecule has 1 aliphatic rings. The second-order valence-electron chi connectivity index (χ2n) is 8.61. The van der Waals surface area contributed by atoms with Crippen molar-refractivity contribution in [1.82, 2.24) is 14.9 Å². The van der Waals surface area contributed by atoms with Crippen molar-refractivity contribution < 1.29 is 23.4 Å². The first-order valence-corrected chi connectivity index (χ1v) is 12.2. The lowest BCUT2D eigenvalue weighted by molar-refractivity contribution is -0.111. The molecule has 2 aromatic carbocycles. The van der Waals surface area contributed by atoms with E-state index in [-0.39, 0.29) is 5.91 Å². The number of fused-ring (bicyclic) bond motifs is 1. The molecule has 0 atom stereocenters. The number of hydrogen-bond donors (Lipinski definition) is 2. The van der Waals surface area contributed by atoms with E-state index in [0.717, 1.165) is 24.4 Å². The van der Waals surface area contributed by atoms with E-state index in [1.54, 1.807) is 32.6 Å². The van der Waals surface area contributed by atoms with Crippen molar-refractivity contribution in [1.29, 1.82) is 0 Å². The van der Waals surface area contributed by atoms with Gasteiger partial charge in [-0.05, 0) is 36.4 Å². The Morgan fingerprint density at radius 3 is 2.66 bits per heavy atom. The minimum atomic E-state index is -0.255. The van der Waals surface area contributed by atoms with Crippen molar-refractivity contribution in [3.8, 4) is 22.8 Å². The summed E-state index contributed by atoms with van der Waals surface area (Å²) in [6.45, 7) is 3.83. The molecule has 0 radical (unpaired) electrons.